The Hall–Kier alpha value is -1.51. The highest BCUT2D eigenvalue weighted by atomic mass is 16.4. The average Bonchev–Trinajstić information content (AvgIpc) is 2.16. The molecule has 0 radical (unpaired) electrons. The quantitative estimate of drug-likeness (QED) is 0.724. The first kappa shape index (κ1) is 12.6. The van der Waals surface area contributed by atoms with Crippen LogP contribution in [0.25, 0.3) is 0 Å². The fourth-order valence-corrected chi connectivity index (χ4v) is 1.74. The van der Waals surface area contributed by atoms with Gasteiger partial charge in [0.1, 0.15) is 0 Å². The van der Waals surface area contributed by atoms with Crippen LogP contribution >= 0.6 is 0 Å². The number of aliphatic imine (C=N–C) groups is 1. The van der Waals surface area contributed by atoms with Crippen molar-refractivity contribution < 1.29 is 9.90 Å². The van der Waals surface area contributed by atoms with Gasteiger partial charge in [-0.15, -0.1) is 4.99 Å². The van der Waals surface area contributed by atoms with Crippen molar-refractivity contribution in [1.29, 1.82) is 0 Å². The lowest BCUT2D eigenvalue weighted by Crippen LogP contribution is -2.19. The van der Waals surface area contributed by atoms with Crippen LogP contribution in [0.5, 0.6) is 0 Å². The summed E-state index contributed by atoms with van der Waals surface area (Å²) in [6.07, 6.45) is 4.72. The SMILES string of the molecule is CC(C)C1=C[CH+]C=C(C(C)C)C1=NC(=O)O. The number of amides is 1. The molecule has 1 aliphatic carbocycles. The predicted molar refractivity (Wildman–Crippen MR) is 65.6 cm³/mol. The van der Waals surface area contributed by atoms with Crippen LogP contribution in [0.4, 0.5) is 4.79 Å². The minimum absolute atomic E-state index is 0.275. The summed E-state index contributed by atoms with van der Waals surface area (Å²) in [4.78, 5) is 14.5. The van der Waals surface area contributed by atoms with Crippen LogP contribution in [0, 0.1) is 18.3 Å². The minimum atomic E-state index is -1.13. The normalized spacial score (nSPS) is 15.8. The molecule has 0 aliphatic heterocycles. The van der Waals surface area contributed by atoms with Gasteiger partial charge in [-0.2, -0.15) is 0 Å². The average molecular weight is 220 g/mol. The van der Waals surface area contributed by atoms with Crippen molar-refractivity contribution in [2.75, 3.05) is 0 Å². The maximum absolute atomic E-state index is 10.8. The summed E-state index contributed by atoms with van der Waals surface area (Å²) in [7, 11) is 0. The van der Waals surface area contributed by atoms with Gasteiger partial charge in [-0.1, -0.05) is 0 Å². The molecule has 0 atom stereocenters. The molecule has 0 fully saturated rings. The summed E-state index contributed by atoms with van der Waals surface area (Å²) in [6, 6.07) is 0. The Kier molecular flexibility index (Phi) is 3.93. The fraction of sp³-hybridized carbons (Fsp3) is 0.462. The van der Waals surface area contributed by atoms with Crippen LogP contribution in [-0.4, -0.2) is 16.9 Å². The Labute approximate surface area is 96.6 Å². The molecule has 3 heteroatoms. The maximum Gasteiger partial charge on any atom is 0.433 e. The monoisotopic (exact) mass is 220 g/mol. The molecule has 0 heterocycles. The van der Waals surface area contributed by atoms with Gasteiger partial charge in [0, 0.05) is 18.3 Å². The lowest BCUT2D eigenvalue weighted by Gasteiger charge is -2.14. The summed E-state index contributed by atoms with van der Waals surface area (Å²) in [5, 5.41) is 8.81. The topological polar surface area (TPSA) is 49.7 Å². The third kappa shape index (κ3) is 2.75. The molecule has 16 heavy (non-hydrogen) atoms. The summed E-state index contributed by atoms with van der Waals surface area (Å²) in [5.74, 6) is 0.550. The molecule has 1 amide bonds. The van der Waals surface area contributed by atoms with E-state index in [-0.39, 0.29) is 11.8 Å². The van der Waals surface area contributed by atoms with E-state index >= 15 is 0 Å². The third-order valence-corrected chi connectivity index (χ3v) is 2.55. The van der Waals surface area contributed by atoms with Crippen molar-refractivity contribution in [3.05, 3.63) is 29.7 Å². The molecule has 0 spiro atoms. The third-order valence-electron chi connectivity index (χ3n) is 2.55. The van der Waals surface area contributed by atoms with Gasteiger partial charge in [0.05, 0.1) is 23.3 Å². The first-order chi connectivity index (χ1) is 7.43. The van der Waals surface area contributed by atoms with Crippen LogP contribution in [0.2, 0.25) is 0 Å². The maximum atomic E-state index is 10.8. The van der Waals surface area contributed by atoms with Gasteiger partial charge in [0.2, 0.25) is 0 Å². The van der Waals surface area contributed by atoms with Crippen molar-refractivity contribution in [3.8, 4) is 0 Å². The molecule has 0 saturated heterocycles. The van der Waals surface area contributed by atoms with Crippen molar-refractivity contribution in [2.24, 2.45) is 16.8 Å². The number of hydrogen-bond acceptors (Lipinski definition) is 1. The van der Waals surface area contributed by atoms with Gasteiger partial charge in [-0.05, 0) is 27.7 Å². The summed E-state index contributed by atoms with van der Waals surface area (Å²) in [6.45, 7) is 8.17. The van der Waals surface area contributed by atoms with E-state index in [2.05, 4.69) is 4.99 Å². The number of hydrogen-bond donors (Lipinski definition) is 1. The van der Waals surface area contributed by atoms with E-state index < -0.39 is 6.09 Å². The Morgan fingerprint density at radius 2 is 1.62 bits per heavy atom. The van der Waals surface area contributed by atoms with Crippen LogP contribution in [0.3, 0.4) is 0 Å². The molecule has 1 rings (SSSR count). The number of carboxylic acid groups (broad SMARTS) is 1. The second-order valence-electron chi connectivity index (χ2n) is 4.49. The summed E-state index contributed by atoms with van der Waals surface area (Å²) in [5.41, 5.74) is 2.61. The molecule has 0 aromatic rings. The number of nitrogens with zero attached hydrogens (tertiary/aromatic N) is 1. The van der Waals surface area contributed by atoms with Crippen LogP contribution in [0.1, 0.15) is 27.7 Å². The van der Waals surface area contributed by atoms with Crippen LogP contribution in [-0.2, 0) is 0 Å². The lowest BCUT2D eigenvalue weighted by atomic mass is 9.84. The number of rotatable bonds is 2. The Morgan fingerprint density at radius 3 is 1.94 bits per heavy atom. The first-order valence-corrected chi connectivity index (χ1v) is 5.51. The predicted octanol–water partition coefficient (Wildman–Crippen LogP) is 3.49. The van der Waals surface area contributed by atoms with Gasteiger partial charge >= 0.3 is 6.09 Å². The Bertz CT molecular complexity index is 347. The fourth-order valence-electron chi connectivity index (χ4n) is 1.74. The number of allylic oxidation sites excluding steroid dienone is 4. The zero-order chi connectivity index (χ0) is 12.3. The number of carbonyl (C=O) groups is 1. The van der Waals surface area contributed by atoms with Gasteiger partial charge < -0.3 is 5.11 Å². The molecule has 86 valence electrons. The second kappa shape index (κ2) is 5.01. The molecule has 1 aliphatic rings. The van der Waals surface area contributed by atoms with Crippen molar-refractivity contribution >= 4 is 11.8 Å². The zero-order valence-electron chi connectivity index (χ0n) is 10.2. The highest BCUT2D eigenvalue weighted by Crippen LogP contribution is 2.26. The van der Waals surface area contributed by atoms with Crippen molar-refractivity contribution in [1.82, 2.24) is 0 Å². The molecule has 3 nitrogen and oxygen atoms in total. The van der Waals surface area contributed by atoms with Crippen molar-refractivity contribution in [2.45, 2.75) is 27.7 Å². The van der Waals surface area contributed by atoms with Gasteiger partial charge in [0.25, 0.3) is 0 Å². The molecule has 1 N–H and O–H groups in total. The van der Waals surface area contributed by atoms with E-state index in [1.807, 2.05) is 46.3 Å². The second-order valence-corrected chi connectivity index (χ2v) is 4.49. The van der Waals surface area contributed by atoms with E-state index in [1.54, 1.807) is 0 Å². The summed E-state index contributed by atoms with van der Waals surface area (Å²) >= 11 is 0. The molecule has 0 saturated carbocycles. The zero-order valence-corrected chi connectivity index (χ0v) is 10.2. The molecular weight excluding hydrogens is 202 g/mol. The molecule has 0 unspecified atom stereocenters. The highest BCUT2D eigenvalue weighted by Gasteiger charge is 2.29. The Balaban J connectivity index is 3.16. The van der Waals surface area contributed by atoms with Gasteiger partial charge in [-0.25, -0.2) is 4.79 Å². The summed E-state index contributed by atoms with van der Waals surface area (Å²) < 4.78 is 0. The van der Waals surface area contributed by atoms with Crippen LogP contribution in [0.15, 0.2) is 28.3 Å². The van der Waals surface area contributed by atoms with Crippen LogP contribution < -0.4 is 0 Å². The molecule has 0 aromatic carbocycles. The van der Waals surface area contributed by atoms with E-state index in [0.29, 0.717) is 5.71 Å². The molecule has 0 bridgehead atoms. The lowest BCUT2D eigenvalue weighted by molar-refractivity contribution is 0.205. The van der Waals surface area contributed by atoms with E-state index in [4.69, 9.17) is 5.11 Å². The standard InChI is InChI=1S/C13H17NO2/c1-8(2)10-6-5-7-11(9(3)4)12(10)14-13(15)16/h5-9H,1-4H3/p+1. The van der Waals surface area contributed by atoms with E-state index in [1.165, 1.54) is 0 Å². The van der Waals surface area contributed by atoms with E-state index in [0.717, 1.165) is 11.1 Å². The largest absolute Gasteiger partial charge is 0.463 e. The van der Waals surface area contributed by atoms with Gasteiger partial charge in [0.15, 0.2) is 5.71 Å². The first-order valence-electron chi connectivity index (χ1n) is 5.51. The molecular formula is C13H18NO2+. The van der Waals surface area contributed by atoms with Gasteiger partial charge in [-0.3, -0.25) is 0 Å². The highest BCUT2D eigenvalue weighted by molar-refractivity contribution is 6.17. The smallest absolute Gasteiger partial charge is 0.433 e. The minimum Gasteiger partial charge on any atom is -0.463 e. The Morgan fingerprint density at radius 1 is 1.19 bits per heavy atom. The molecule has 0 aromatic heterocycles. The van der Waals surface area contributed by atoms with Crippen molar-refractivity contribution in [3.63, 3.8) is 0 Å². The van der Waals surface area contributed by atoms with E-state index in [9.17, 15) is 4.79 Å².